The highest BCUT2D eigenvalue weighted by Crippen LogP contribution is 2.07. The molecule has 0 aliphatic heterocycles. The topological polar surface area (TPSA) is 150 Å². The Morgan fingerprint density at radius 2 is 1.59 bits per heavy atom. The lowest BCUT2D eigenvalue weighted by Crippen LogP contribution is -2.60. The van der Waals surface area contributed by atoms with Crippen LogP contribution in [-0.2, 0) is 14.4 Å². The smallest absolute Gasteiger partial charge is 0.338 e. The van der Waals surface area contributed by atoms with Gasteiger partial charge in [0.1, 0.15) is 0 Å². The number of rotatable bonds is 9. The Bertz CT molecular complexity index is 306. The number of nitrogens with two attached hydrogens (primary N) is 1. The van der Waals surface area contributed by atoms with Crippen molar-refractivity contribution in [3.8, 4) is 0 Å². The van der Waals surface area contributed by atoms with Crippen LogP contribution >= 0.6 is 0 Å². The Labute approximate surface area is 97.4 Å². The molecule has 0 aliphatic carbocycles. The molecule has 0 unspecified atom stereocenters. The summed E-state index contributed by atoms with van der Waals surface area (Å²) in [6.07, 6.45) is -0.546. The minimum atomic E-state index is -1.84. The highest BCUT2D eigenvalue weighted by Gasteiger charge is 2.33. The van der Waals surface area contributed by atoms with Crippen LogP contribution in [0.4, 0.5) is 0 Å². The molecule has 0 radical (unpaired) electrons. The first-order valence-corrected chi connectivity index (χ1v) is 4.99. The quantitative estimate of drug-likeness (QED) is 0.259. The highest BCUT2D eigenvalue weighted by atomic mass is 16.4. The fourth-order valence-electron chi connectivity index (χ4n) is 1.13. The third-order valence-electron chi connectivity index (χ3n) is 2.12. The standard InChI is InChI=1S/C9H16N2O6/c10-9(8(16)17,4-3-7(14)15)11-5-1-2-6(12)13/h11H,1-5,10H2,(H,12,13)(H,14,15)(H,16,17)/t9-/m0/s1. The van der Waals surface area contributed by atoms with Gasteiger partial charge in [0.2, 0.25) is 0 Å². The van der Waals surface area contributed by atoms with Gasteiger partial charge < -0.3 is 21.1 Å². The van der Waals surface area contributed by atoms with Crippen LogP contribution in [0.15, 0.2) is 0 Å². The molecule has 8 nitrogen and oxygen atoms in total. The molecule has 98 valence electrons. The fraction of sp³-hybridized carbons (Fsp3) is 0.667. The van der Waals surface area contributed by atoms with Crippen LogP contribution < -0.4 is 11.1 Å². The SMILES string of the molecule is N[C@@](CCC(=O)O)(NCCCC(=O)O)C(=O)O. The number of carboxylic acid groups (broad SMARTS) is 3. The molecule has 0 aromatic rings. The van der Waals surface area contributed by atoms with Crippen LogP contribution in [-0.4, -0.2) is 45.4 Å². The van der Waals surface area contributed by atoms with E-state index >= 15 is 0 Å². The maximum absolute atomic E-state index is 10.9. The summed E-state index contributed by atoms with van der Waals surface area (Å²) in [4.78, 5) is 31.4. The van der Waals surface area contributed by atoms with Crippen LogP contribution in [0.25, 0.3) is 0 Å². The summed E-state index contributed by atoms with van der Waals surface area (Å²) >= 11 is 0. The predicted molar refractivity (Wildman–Crippen MR) is 56.3 cm³/mol. The van der Waals surface area contributed by atoms with E-state index in [1.807, 2.05) is 0 Å². The van der Waals surface area contributed by atoms with Crippen molar-refractivity contribution in [1.82, 2.24) is 5.32 Å². The van der Waals surface area contributed by atoms with Gasteiger partial charge in [0.15, 0.2) is 5.66 Å². The van der Waals surface area contributed by atoms with Crippen molar-refractivity contribution < 1.29 is 29.7 Å². The summed E-state index contributed by atoms with van der Waals surface area (Å²) in [6.45, 7) is 0.0920. The lowest BCUT2D eigenvalue weighted by atomic mass is 10.0. The molecule has 0 aromatic heterocycles. The first-order chi connectivity index (χ1) is 7.78. The van der Waals surface area contributed by atoms with Crippen LogP contribution in [0.1, 0.15) is 25.7 Å². The number of nitrogens with one attached hydrogen (secondary N) is 1. The van der Waals surface area contributed by atoms with Crippen molar-refractivity contribution in [2.75, 3.05) is 6.54 Å². The summed E-state index contributed by atoms with van der Waals surface area (Å²) < 4.78 is 0. The lowest BCUT2D eigenvalue weighted by molar-refractivity contribution is -0.146. The fourth-order valence-corrected chi connectivity index (χ4v) is 1.13. The van der Waals surface area contributed by atoms with E-state index in [0.717, 1.165) is 0 Å². The Balaban J connectivity index is 4.17. The largest absolute Gasteiger partial charge is 0.481 e. The monoisotopic (exact) mass is 248 g/mol. The minimum Gasteiger partial charge on any atom is -0.481 e. The van der Waals surface area contributed by atoms with Gasteiger partial charge in [-0.25, -0.2) is 4.79 Å². The Kier molecular flexibility index (Phi) is 6.15. The van der Waals surface area contributed by atoms with E-state index in [-0.39, 0.29) is 32.2 Å². The van der Waals surface area contributed by atoms with Crippen LogP contribution in [0.3, 0.4) is 0 Å². The zero-order valence-electron chi connectivity index (χ0n) is 9.18. The molecule has 0 bridgehead atoms. The maximum atomic E-state index is 10.9. The molecule has 1 atom stereocenters. The second-order valence-electron chi connectivity index (χ2n) is 3.59. The summed E-state index contributed by atoms with van der Waals surface area (Å²) in [5.74, 6) is -3.50. The van der Waals surface area contributed by atoms with Gasteiger partial charge in [-0.2, -0.15) is 0 Å². The molecule has 0 heterocycles. The Hall–Kier alpha value is -1.67. The molecular weight excluding hydrogens is 232 g/mol. The van der Waals surface area contributed by atoms with Gasteiger partial charge in [-0.1, -0.05) is 0 Å². The van der Waals surface area contributed by atoms with Gasteiger partial charge >= 0.3 is 17.9 Å². The number of carboxylic acids is 3. The Morgan fingerprint density at radius 1 is 1.06 bits per heavy atom. The van der Waals surface area contributed by atoms with Gasteiger partial charge in [-0.3, -0.25) is 14.9 Å². The van der Waals surface area contributed by atoms with Crippen LogP contribution in [0, 0.1) is 0 Å². The zero-order valence-corrected chi connectivity index (χ0v) is 9.18. The molecule has 0 saturated carbocycles. The molecule has 17 heavy (non-hydrogen) atoms. The minimum absolute atomic E-state index is 0.0920. The number of carbonyl (C=O) groups is 3. The number of aliphatic carboxylic acids is 3. The number of hydrogen-bond donors (Lipinski definition) is 5. The van der Waals surface area contributed by atoms with E-state index in [1.54, 1.807) is 0 Å². The average molecular weight is 248 g/mol. The second-order valence-corrected chi connectivity index (χ2v) is 3.59. The van der Waals surface area contributed by atoms with Crippen molar-refractivity contribution in [3.63, 3.8) is 0 Å². The molecular formula is C9H16N2O6. The summed E-state index contributed by atoms with van der Waals surface area (Å²) in [7, 11) is 0. The lowest BCUT2D eigenvalue weighted by Gasteiger charge is -2.25. The summed E-state index contributed by atoms with van der Waals surface area (Å²) in [5, 5.41) is 28.1. The van der Waals surface area contributed by atoms with Crippen molar-refractivity contribution in [2.24, 2.45) is 5.73 Å². The molecule has 0 amide bonds. The molecule has 0 rings (SSSR count). The molecule has 0 aromatic carbocycles. The molecule has 0 fully saturated rings. The zero-order chi connectivity index (χ0) is 13.5. The van der Waals surface area contributed by atoms with E-state index < -0.39 is 23.6 Å². The van der Waals surface area contributed by atoms with Crippen molar-refractivity contribution >= 4 is 17.9 Å². The van der Waals surface area contributed by atoms with Crippen molar-refractivity contribution in [2.45, 2.75) is 31.3 Å². The third kappa shape index (κ3) is 6.48. The van der Waals surface area contributed by atoms with Gasteiger partial charge in [0.25, 0.3) is 0 Å². The normalized spacial score (nSPS) is 13.9. The van der Waals surface area contributed by atoms with E-state index in [9.17, 15) is 14.4 Å². The van der Waals surface area contributed by atoms with Gasteiger partial charge in [-0.05, 0) is 19.4 Å². The predicted octanol–water partition coefficient (Wildman–Crippen LogP) is -0.955. The van der Waals surface area contributed by atoms with Gasteiger partial charge in [0, 0.05) is 12.8 Å². The highest BCUT2D eigenvalue weighted by molar-refractivity contribution is 5.79. The summed E-state index contributed by atoms with van der Waals surface area (Å²) in [6, 6.07) is 0. The van der Waals surface area contributed by atoms with Gasteiger partial charge in [0.05, 0.1) is 0 Å². The average Bonchev–Trinajstić information content (AvgIpc) is 2.21. The third-order valence-corrected chi connectivity index (χ3v) is 2.12. The molecule has 6 N–H and O–H groups in total. The molecule has 0 saturated heterocycles. The maximum Gasteiger partial charge on any atom is 0.338 e. The first-order valence-electron chi connectivity index (χ1n) is 4.99. The van der Waals surface area contributed by atoms with Crippen molar-refractivity contribution in [1.29, 1.82) is 0 Å². The Morgan fingerprint density at radius 3 is 2.00 bits per heavy atom. The summed E-state index contributed by atoms with van der Waals surface area (Å²) in [5.41, 5.74) is 3.65. The number of hydrogen-bond acceptors (Lipinski definition) is 5. The van der Waals surface area contributed by atoms with Crippen LogP contribution in [0.5, 0.6) is 0 Å². The molecule has 8 heteroatoms. The molecule has 0 aliphatic rings. The second kappa shape index (κ2) is 6.81. The van der Waals surface area contributed by atoms with E-state index in [4.69, 9.17) is 21.1 Å². The van der Waals surface area contributed by atoms with Crippen LogP contribution in [0.2, 0.25) is 0 Å². The molecule has 0 spiro atoms. The van der Waals surface area contributed by atoms with Crippen molar-refractivity contribution in [3.05, 3.63) is 0 Å². The van der Waals surface area contributed by atoms with E-state index in [1.165, 1.54) is 0 Å². The van der Waals surface area contributed by atoms with E-state index in [0.29, 0.717) is 0 Å². The van der Waals surface area contributed by atoms with Gasteiger partial charge in [-0.15, -0.1) is 0 Å². The first kappa shape index (κ1) is 15.3. The van der Waals surface area contributed by atoms with E-state index in [2.05, 4.69) is 5.32 Å².